The van der Waals surface area contributed by atoms with Crippen molar-refractivity contribution in [3.05, 3.63) is 35.9 Å². The first kappa shape index (κ1) is 9.72. The fourth-order valence-corrected chi connectivity index (χ4v) is 1.27. The van der Waals surface area contributed by atoms with Gasteiger partial charge in [0.05, 0.1) is 0 Å². The molecule has 0 saturated heterocycles. The van der Waals surface area contributed by atoms with E-state index in [1.165, 1.54) is 0 Å². The van der Waals surface area contributed by atoms with Gasteiger partial charge in [-0.25, -0.2) is 14.6 Å². The summed E-state index contributed by atoms with van der Waals surface area (Å²) in [5, 5.41) is 4.04. The average molecular weight is 219 g/mol. The third-order valence-electron chi connectivity index (χ3n) is 1.80. The zero-order chi connectivity index (χ0) is 10.8. The second-order valence-electron chi connectivity index (χ2n) is 3.01. The zero-order valence-electron chi connectivity index (χ0n) is 8.08. The van der Waals surface area contributed by atoms with Gasteiger partial charge < -0.3 is 5.73 Å². The number of nitrogens with zero attached hydrogens (tertiary/aromatic N) is 4. The molecule has 2 heterocycles. The molecule has 0 radical (unpaired) electrons. The number of aromatic nitrogens is 4. The van der Waals surface area contributed by atoms with Crippen LogP contribution in [0.25, 0.3) is 5.95 Å². The minimum absolute atomic E-state index is 0.258. The van der Waals surface area contributed by atoms with Crippen LogP contribution >= 0.6 is 12.2 Å². The molecule has 0 atom stereocenters. The van der Waals surface area contributed by atoms with Crippen LogP contribution in [-0.2, 0) is 0 Å². The topological polar surface area (TPSA) is 69.6 Å². The van der Waals surface area contributed by atoms with Crippen molar-refractivity contribution < 1.29 is 0 Å². The molecule has 2 aromatic heterocycles. The highest BCUT2D eigenvalue weighted by atomic mass is 32.1. The van der Waals surface area contributed by atoms with Crippen LogP contribution in [0.3, 0.4) is 0 Å². The van der Waals surface area contributed by atoms with E-state index in [1.807, 2.05) is 6.92 Å². The predicted octanol–water partition coefficient (Wildman–Crippen LogP) is 0.605. The molecule has 5 nitrogen and oxygen atoms in total. The van der Waals surface area contributed by atoms with Gasteiger partial charge in [0.1, 0.15) is 10.7 Å². The summed E-state index contributed by atoms with van der Waals surface area (Å²) in [5.74, 6) is 0.475. The van der Waals surface area contributed by atoms with Gasteiger partial charge >= 0.3 is 0 Å². The lowest BCUT2D eigenvalue weighted by Crippen LogP contribution is -2.15. The summed E-state index contributed by atoms with van der Waals surface area (Å²) in [6.07, 6.45) is 3.42. The fraction of sp³-hybridized carbons (Fsp3) is 0.111. The Morgan fingerprint density at radius 3 is 2.87 bits per heavy atom. The second-order valence-corrected chi connectivity index (χ2v) is 3.45. The van der Waals surface area contributed by atoms with Gasteiger partial charge in [-0.15, -0.1) is 0 Å². The Morgan fingerprint density at radius 1 is 1.47 bits per heavy atom. The van der Waals surface area contributed by atoms with Crippen LogP contribution in [0.2, 0.25) is 0 Å². The SMILES string of the molecule is Cc1cc(C(N)=S)nc(-n2cccn2)n1. The molecule has 15 heavy (non-hydrogen) atoms. The zero-order valence-corrected chi connectivity index (χ0v) is 8.90. The lowest BCUT2D eigenvalue weighted by atomic mass is 10.3. The molecule has 0 spiro atoms. The molecular formula is C9H9N5S. The van der Waals surface area contributed by atoms with E-state index in [0.717, 1.165) is 5.69 Å². The molecule has 6 heteroatoms. The van der Waals surface area contributed by atoms with Crippen LogP contribution in [0.4, 0.5) is 0 Å². The summed E-state index contributed by atoms with van der Waals surface area (Å²) in [4.78, 5) is 8.69. The Bertz CT molecular complexity index is 491. The minimum Gasteiger partial charge on any atom is -0.388 e. The van der Waals surface area contributed by atoms with E-state index in [9.17, 15) is 0 Å². The Labute approximate surface area is 92.0 Å². The van der Waals surface area contributed by atoms with Crippen molar-refractivity contribution in [2.75, 3.05) is 0 Å². The molecule has 0 unspecified atom stereocenters. The normalized spacial score (nSPS) is 10.2. The third kappa shape index (κ3) is 1.99. The van der Waals surface area contributed by atoms with E-state index < -0.39 is 0 Å². The van der Waals surface area contributed by atoms with Crippen molar-refractivity contribution in [1.29, 1.82) is 0 Å². The summed E-state index contributed by atoms with van der Waals surface area (Å²) in [7, 11) is 0. The van der Waals surface area contributed by atoms with Crippen molar-refractivity contribution in [2.45, 2.75) is 6.92 Å². The van der Waals surface area contributed by atoms with Gasteiger partial charge in [-0.1, -0.05) is 12.2 Å². The van der Waals surface area contributed by atoms with Crippen LogP contribution in [-0.4, -0.2) is 24.7 Å². The lowest BCUT2D eigenvalue weighted by Gasteiger charge is -2.03. The summed E-state index contributed by atoms with van der Waals surface area (Å²) in [6.45, 7) is 1.86. The molecule has 0 bridgehead atoms. The van der Waals surface area contributed by atoms with Gasteiger partial charge in [0, 0.05) is 18.1 Å². The number of nitrogens with two attached hydrogens (primary N) is 1. The predicted molar refractivity (Wildman–Crippen MR) is 59.8 cm³/mol. The molecule has 2 N–H and O–H groups in total. The summed E-state index contributed by atoms with van der Waals surface area (Å²) in [5.41, 5.74) is 6.88. The Morgan fingerprint density at radius 2 is 2.27 bits per heavy atom. The average Bonchev–Trinajstić information content (AvgIpc) is 2.69. The van der Waals surface area contributed by atoms with Crippen molar-refractivity contribution in [3.8, 4) is 5.95 Å². The van der Waals surface area contributed by atoms with Gasteiger partial charge in [0.25, 0.3) is 5.95 Å². The quantitative estimate of drug-likeness (QED) is 0.749. The van der Waals surface area contributed by atoms with E-state index >= 15 is 0 Å². The molecule has 2 aromatic rings. The maximum atomic E-state index is 5.52. The van der Waals surface area contributed by atoms with Gasteiger partial charge in [-0.05, 0) is 19.1 Å². The number of thiocarbonyl (C=S) groups is 1. The number of hydrogen-bond acceptors (Lipinski definition) is 4. The number of hydrogen-bond donors (Lipinski definition) is 1. The fourth-order valence-electron chi connectivity index (χ4n) is 1.17. The summed E-state index contributed by atoms with van der Waals surface area (Å²) >= 11 is 4.87. The summed E-state index contributed by atoms with van der Waals surface area (Å²) in [6, 6.07) is 3.54. The van der Waals surface area contributed by atoms with Crippen molar-refractivity contribution in [2.24, 2.45) is 5.73 Å². The van der Waals surface area contributed by atoms with Crippen LogP contribution in [0.1, 0.15) is 11.4 Å². The second kappa shape index (κ2) is 3.74. The Kier molecular flexibility index (Phi) is 2.42. The number of rotatable bonds is 2. The molecule has 0 fully saturated rings. The molecule has 0 aliphatic rings. The van der Waals surface area contributed by atoms with E-state index in [2.05, 4.69) is 15.1 Å². The van der Waals surface area contributed by atoms with E-state index in [4.69, 9.17) is 18.0 Å². The molecular weight excluding hydrogens is 210 g/mol. The third-order valence-corrected chi connectivity index (χ3v) is 2.01. The smallest absolute Gasteiger partial charge is 0.251 e. The standard InChI is InChI=1S/C9H9N5S/c1-6-5-7(8(10)15)13-9(12-6)14-4-2-3-11-14/h2-5H,1H3,(H2,10,15). The molecule has 0 saturated carbocycles. The van der Waals surface area contributed by atoms with E-state index in [1.54, 1.807) is 29.2 Å². The molecule has 0 amide bonds. The molecule has 2 rings (SSSR count). The van der Waals surface area contributed by atoms with Gasteiger partial charge in [-0.2, -0.15) is 5.10 Å². The van der Waals surface area contributed by atoms with Crippen LogP contribution in [0.15, 0.2) is 24.5 Å². The van der Waals surface area contributed by atoms with Gasteiger partial charge in [-0.3, -0.25) is 0 Å². The highest BCUT2D eigenvalue weighted by Gasteiger charge is 2.05. The van der Waals surface area contributed by atoms with Gasteiger partial charge in [0.2, 0.25) is 0 Å². The largest absolute Gasteiger partial charge is 0.388 e. The molecule has 0 aliphatic carbocycles. The van der Waals surface area contributed by atoms with Crippen molar-refractivity contribution in [1.82, 2.24) is 19.7 Å². The first-order valence-electron chi connectivity index (χ1n) is 4.32. The summed E-state index contributed by atoms with van der Waals surface area (Å²) < 4.78 is 1.56. The molecule has 76 valence electrons. The van der Waals surface area contributed by atoms with E-state index in [-0.39, 0.29) is 4.99 Å². The maximum Gasteiger partial charge on any atom is 0.251 e. The maximum absolute atomic E-state index is 5.52. The number of aryl methyl sites for hydroxylation is 1. The highest BCUT2D eigenvalue weighted by Crippen LogP contribution is 2.04. The van der Waals surface area contributed by atoms with Crippen LogP contribution in [0.5, 0.6) is 0 Å². The van der Waals surface area contributed by atoms with Crippen LogP contribution < -0.4 is 5.73 Å². The Balaban J connectivity index is 2.54. The highest BCUT2D eigenvalue weighted by molar-refractivity contribution is 7.80. The van der Waals surface area contributed by atoms with Crippen molar-refractivity contribution in [3.63, 3.8) is 0 Å². The lowest BCUT2D eigenvalue weighted by molar-refractivity contribution is 0.799. The minimum atomic E-state index is 0.258. The molecule has 0 aromatic carbocycles. The Hall–Kier alpha value is -1.82. The van der Waals surface area contributed by atoms with Gasteiger partial charge in [0.15, 0.2) is 0 Å². The van der Waals surface area contributed by atoms with Crippen molar-refractivity contribution >= 4 is 17.2 Å². The molecule has 0 aliphatic heterocycles. The first-order chi connectivity index (χ1) is 7.16. The monoisotopic (exact) mass is 219 g/mol. The van der Waals surface area contributed by atoms with Crippen LogP contribution in [0, 0.1) is 6.92 Å². The van der Waals surface area contributed by atoms with E-state index in [0.29, 0.717) is 11.6 Å². The first-order valence-corrected chi connectivity index (χ1v) is 4.73.